The summed E-state index contributed by atoms with van der Waals surface area (Å²) in [5, 5.41) is 3.40. The fraction of sp³-hybridized carbons (Fsp3) is 0.636. The van der Waals surface area contributed by atoms with E-state index >= 15 is 0 Å². The van der Waals surface area contributed by atoms with Crippen LogP contribution in [0, 0.1) is 6.33 Å². The van der Waals surface area contributed by atoms with Gasteiger partial charge in [-0.3, -0.25) is 0 Å². The SMILES string of the molecule is CCCC(CCC)Nc1ccn[c]n1. The van der Waals surface area contributed by atoms with Gasteiger partial charge in [0.2, 0.25) is 0 Å². The molecule has 0 unspecified atom stereocenters. The van der Waals surface area contributed by atoms with Crippen molar-refractivity contribution in [3.05, 3.63) is 18.6 Å². The molecule has 1 heterocycles. The molecular weight excluding hydrogens is 174 g/mol. The summed E-state index contributed by atoms with van der Waals surface area (Å²) in [6.07, 6.45) is 9.09. The Labute approximate surface area is 86.0 Å². The lowest BCUT2D eigenvalue weighted by Crippen LogP contribution is -2.19. The summed E-state index contributed by atoms with van der Waals surface area (Å²) in [6.45, 7) is 4.41. The van der Waals surface area contributed by atoms with Crippen LogP contribution in [0.1, 0.15) is 39.5 Å². The summed E-state index contributed by atoms with van der Waals surface area (Å²) in [6, 6.07) is 2.42. The minimum absolute atomic E-state index is 0.535. The number of nitrogens with zero attached hydrogens (tertiary/aromatic N) is 2. The zero-order chi connectivity index (χ0) is 10.2. The van der Waals surface area contributed by atoms with Crippen molar-refractivity contribution in [3.8, 4) is 0 Å². The lowest BCUT2D eigenvalue weighted by atomic mass is 10.1. The van der Waals surface area contributed by atoms with E-state index in [1.165, 1.54) is 25.7 Å². The Morgan fingerprint density at radius 3 is 2.57 bits per heavy atom. The Hall–Kier alpha value is -1.12. The summed E-state index contributed by atoms with van der Waals surface area (Å²) >= 11 is 0. The number of hydrogen-bond acceptors (Lipinski definition) is 3. The Balaban J connectivity index is 2.46. The molecule has 3 nitrogen and oxygen atoms in total. The quantitative estimate of drug-likeness (QED) is 0.753. The highest BCUT2D eigenvalue weighted by Gasteiger charge is 2.06. The van der Waals surface area contributed by atoms with Crippen LogP contribution >= 0.6 is 0 Å². The average Bonchev–Trinajstić information content (AvgIpc) is 2.20. The van der Waals surface area contributed by atoms with Crippen molar-refractivity contribution in [2.75, 3.05) is 5.32 Å². The first-order valence-electron chi connectivity index (χ1n) is 5.32. The molecule has 77 valence electrons. The highest BCUT2D eigenvalue weighted by molar-refractivity contribution is 5.32. The first-order valence-corrected chi connectivity index (χ1v) is 5.32. The fourth-order valence-corrected chi connectivity index (χ4v) is 1.54. The molecule has 0 aromatic carbocycles. The van der Waals surface area contributed by atoms with E-state index in [1.807, 2.05) is 6.07 Å². The normalized spacial score (nSPS) is 10.5. The third kappa shape index (κ3) is 3.73. The topological polar surface area (TPSA) is 37.8 Å². The average molecular weight is 192 g/mol. The van der Waals surface area contributed by atoms with Crippen LogP contribution in [0.4, 0.5) is 5.82 Å². The zero-order valence-corrected chi connectivity index (χ0v) is 8.95. The molecule has 0 aliphatic heterocycles. The first-order chi connectivity index (χ1) is 6.86. The molecule has 0 bridgehead atoms. The second kappa shape index (κ2) is 6.35. The van der Waals surface area contributed by atoms with E-state index in [2.05, 4.69) is 35.5 Å². The van der Waals surface area contributed by atoms with Gasteiger partial charge in [0.05, 0.1) is 0 Å². The molecule has 0 saturated carbocycles. The second-order valence-corrected chi connectivity index (χ2v) is 3.46. The van der Waals surface area contributed by atoms with Crippen LogP contribution in [0.5, 0.6) is 0 Å². The summed E-state index contributed by atoms with van der Waals surface area (Å²) in [4.78, 5) is 7.80. The molecule has 14 heavy (non-hydrogen) atoms. The molecule has 0 amide bonds. The second-order valence-electron chi connectivity index (χ2n) is 3.46. The molecule has 1 radical (unpaired) electrons. The van der Waals surface area contributed by atoms with E-state index < -0.39 is 0 Å². The summed E-state index contributed by atoms with van der Waals surface area (Å²) in [5.41, 5.74) is 0. The predicted molar refractivity (Wildman–Crippen MR) is 58.1 cm³/mol. The third-order valence-electron chi connectivity index (χ3n) is 2.16. The number of aromatic nitrogens is 2. The monoisotopic (exact) mass is 192 g/mol. The number of anilines is 1. The molecule has 1 N–H and O–H groups in total. The van der Waals surface area contributed by atoms with Crippen molar-refractivity contribution in [1.29, 1.82) is 0 Å². The maximum atomic E-state index is 4.04. The van der Waals surface area contributed by atoms with Crippen LogP contribution in [0.15, 0.2) is 12.3 Å². The van der Waals surface area contributed by atoms with Crippen LogP contribution < -0.4 is 5.32 Å². The Morgan fingerprint density at radius 1 is 1.36 bits per heavy atom. The highest BCUT2D eigenvalue weighted by atomic mass is 15.0. The van der Waals surface area contributed by atoms with E-state index in [4.69, 9.17) is 0 Å². The van der Waals surface area contributed by atoms with Gasteiger partial charge in [0.25, 0.3) is 0 Å². The van der Waals surface area contributed by atoms with Crippen molar-refractivity contribution in [3.63, 3.8) is 0 Å². The zero-order valence-electron chi connectivity index (χ0n) is 8.95. The molecule has 1 aromatic heterocycles. The van der Waals surface area contributed by atoms with E-state index in [0.29, 0.717) is 6.04 Å². The molecule has 0 spiro atoms. The van der Waals surface area contributed by atoms with Crippen molar-refractivity contribution >= 4 is 5.82 Å². The molecular formula is C11H18N3. The van der Waals surface area contributed by atoms with Crippen LogP contribution in [-0.4, -0.2) is 16.0 Å². The van der Waals surface area contributed by atoms with Gasteiger partial charge in [-0.1, -0.05) is 26.7 Å². The van der Waals surface area contributed by atoms with Gasteiger partial charge in [-0.05, 0) is 18.9 Å². The Morgan fingerprint density at radius 2 is 2.07 bits per heavy atom. The summed E-state index contributed by atoms with van der Waals surface area (Å²) in [5.74, 6) is 0.881. The predicted octanol–water partition coefficient (Wildman–Crippen LogP) is 2.66. The molecule has 0 aliphatic rings. The first kappa shape index (κ1) is 11.0. The lowest BCUT2D eigenvalue weighted by molar-refractivity contribution is 0.584. The molecule has 3 heteroatoms. The largest absolute Gasteiger partial charge is 0.367 e. The van der Waals surface area contributed by atoms with Crippen molar-refractivity contribution in [2.24, 2.45) is 0 Å². The highest BCUT2D eigenvalue weighted by Crippen LogP contribution is 2.10. The third-order valence-corrected chi connectivity index (χ3v) is 2.16. The van der Waals surface area contributed by atoms with E-state index in [9.17, 15) is 0 Å². The lowest BCUT2D eigenvalue weighted by Gasteiger charge is -2.17. The van der Waals surface area contributed by atoms with Crippen molar-refractivity contribution in [1.82, 2.24) is 9.97 Å². The smallest absolute Gasteiger partial charge is 0.199 e. The van der Waals surface area contributed by atoms with Gasteiger partial charge in [-0.25, -0.2) is 9.97 Å². The minimum Gasteiger partial charge on any atom is -0.367 e. The van der Waals surface area contributed by atoms with Crippen molar-refractivity contribution in [2.45, 2.75) is 45.6 Å². The maximum Gasteiger partial charge on any atom is 0.199 e. The standard InChI is InChI=1S/C11H18N3/c1-3-5-10(6-4-2)14-11-7-8-12-9-13-11/h7-8,10H,3-6H2,1-2H3,(H,12,13,14). The van der Waals surface area contributed by atoms with Gasteiger partial charge in [0, 0.05) is 12.2 Å². The van der Waals surface area contributed by atoms with Gasteiger partial charge in [-0.2, -0.15) is 0 Å². The Bertz CT molecular complexity index is 230. The maximum absolute atomic E-state index is 4.04. The molecule has 0 atom stereocenters. The van der Waals surface area contributed by atoms with Crippen LogP contribution in [0.2, 0.25) is 0 Å². The molecule has 0 aliphatic carbocycles. The van der Waals surface area contributed by atoms with Crippen LogP contribution in [-0.2, 0) is 0 Å². The summed E-state index contributed by atoms with van der Waals surface area (Å²) in [7, 11) is 0. The molecule has 1 rings (SSSR count). The van der Waals surface area contributed by atoms with Gasteiger partial charge in [0.15, 0.2) is 6.33 Å². The van der Waals surface area contributed by atoms with E-state index in [-0.39, 0.29) is 0 Å². The Kier molecular flexibility index (Phi) is 4.97. The van der Waals surface area contributed by atoms with Crippen molar-refractivity contribution < 1.29 is 0 Å². The molecule has 0 fully saturated rings. The number of hydrogen-bond donors (Lipinski definition) is 1. The molecule has 1 aromatic rings. The van der Waals surface area contributed by atoms with Crippen LogP contribution in [0.3, 0.4) is 0 Å². The minimum atomic E-state index is 0.535. The van der Waals surface area contributed by atoms with E-state index in [1.54, 1.807) is 6.20 Å². The molecule has 0 saturated heterocycles. The van der Waals surface area contributed by atoms with Gasteiger partial charge in [-0.15, -0.1) is 0 Å². The number of nitrogens with one attached hydrogen (secondary N) is 1. The van der Waals surface area contributed by atoms with Crippen LogP contribution in [0.25, 0.3) is 0 Å². The van der Waals surface area contributed by atoms with Gasteiger partial charge < -0.3 is 5.32 Å². The summed E-state index contributed by atoms with van der Waals surface area (Å²) < 4.78 is 0. The number of rotatable bonds is 6. The van der Waals surface area contributed by atoms with E-state index in [0.717, 1.165) is 5.82 Å². The fourth-order valence-electron chi connectivity index (χ4n) is 1.54. The van der Waals surface area contributed by atoms with Gasteiger partial charge in [0.1, 0.15) is 5.82 Å². The van der Waals surface area contributed by atoms with Gasteiger partial charge >= 0.3 is 0 Å².